The number of benzene rings is 3. The zero-order valence-electron chi connectivity index (χ0n) is 22.8. The summed E-state index contributed by atoms with van der Waals surface area (Å²) in [5, 5.41) is 42.5. The van der Waals surface area contributed by atoms with Crippen LogP contribution in [-0.4, -0.2) is 80.8 Å². The Morgan fingerprint density at radius 2 is 1.49 bits per heavy atom. The molecule has 0 saturated carbocycles. The molecule has 5 N–H and O–H groups in total. The average Bonchev–Trinajstić information content (AvgIpc) is 3.50. The average molecular weight is 564 g/mol. The Kier molecular flexibility index (Phi) is 10.3. The molecule has 5 rings (SSSR count). The molecule has 3 aromatic carbocycles. The van der Waals surface area contributed by atoms with Crippen LogP contribution in [0.2, 0.25) is 0 Å². The van der Waals surface area contributed by atoms with E-state index < -0.39 is 24.1 Å². The summed E-state index contributed by atoms with van der Waals surface area (Å²) in [6.45, 7) is 4.18. The van der Waals surface area contributed by atoms with Gasteiger partial charge in [-0.3, -0.25) is 4.90 Å². The third-order valence-electron chi connectivity index (χ3n) is 7.74. The van der Waals surface area contributed by atoms with Crippen LogP contribution in [0.15, 0.2) is 72.8 Å². The molecule has 218 valence electrons. The SMILES string of the molecule is O=C(O)C(O)C(O)C(=O)O.Oc1ccc2c(c1)CCC(c1ccccc1)C2c1ccc(OCCN2CCCC2)cc1. The summed E-state index contributed by atoms with van der Waals surface area (Å²) in [6.07, 6.45) is 0.182. The van der Waals surface area contributed by atoms with Crippen LogP contribution in [0.1, 0.15) is 53.4 Å². The number of hydrogen-bond acceptors (Lipinski definition) is 7. The van der Waals surface area contributed by atoms with Gasteiger partial charge in [0.1, 0.15) is 18.1 Å². The lowest BCUT2D eigenvalue weighted by atomic mass is 9.69. The Morgan fingerprint density at radius 3 is 2.10 bits per heavy atom. The molecule has 4 atom stereocenters. The van der Waals surface area contributed by atoms with E-state index in [1.54, 1.807) is 0 Å². The second kappa shape index (κ2) is 14.1. The molecule has 1 aliphatic heterocycles. The number of aliphatic carboxylic acids is 2. The minimum absolute atomic E-state index is 0.283. The highest BCUT2D eigenvalue weighted by Crippen LogP contribution is 2.47. The maximum atomic E-state index is 10.0. The predicted molar refractivity (Wildman–Crippen MR) is 152 cm³/mol. The van der Waals surface area contributed by atoms with Crippen molar-refractivity contribution >= 4 is 11.9 Å². The van der Waals surface area contributed by atoms with Crippen LogP contribution >= 0.6 is 0 Å². The summed E-state index contributed by atoms with van der Waals surface area (Å²) in [7, 11) is 0. The second-order valence-electron chi connectivity index (χ2n) is 10.4. The van der Waals surface area contributed by atoms with Crippen molar-refractivity contribution in [3.05, 3.63) is 95.1 Å². The van der Waals surface area contributed by atoms with E-state index in [9.17, 15) is 14.7 Å². The summed E-state index contributed by atoms with van der Waals surface area (Å²) >= 11 is 0. The van der Waals surface area contributed by atoms with Crippen molar-refractivity contribution in [2.24, 2.45) is 0 Å². The maximum Gasteiger partial charge on any atom is 0.335 e. The van der Waals surface area contributed by atoms with Crippen LogP contribution in [0.5, 0.6) is 11.5 Å². The summed E-state index contributed by atoms with van der Waals surface area (Å²) in [4.78, 5) is 22.0. The Hall–Kier alpha value is -3.92. The largest absolute Gasteiger partial charge is 0.508 e. The fourth-order valence-electron chi connectivity index (χ4n) is 5.62. The van der Waals surface area contributed by atoms with Crippen molar-refractivity contribution in [1.29, 1.82) is 0 Å². The lowest BCUT2D eigenvalue weighted by Gasteiger charge is -2.35. The van der Waals surface area contributed by atoms with Gasteiger partial charge in [-0.05, 0) is 91.2 Å². The van der Waals surface area contributed by atoms with Crippen LogP contribution < -0.4 is 4.74 Å². The molecule has 1 saturated heterocycles. The quantitative estimate of drug-likeness (QED) is 0.263. The molecule has 9 nitrogen and oxygen atoms in total. The van der Waals surface area contributed by atoms with E-state index in [0.29, 0.717) is 11.7 Å². The number of aliphatic hydroxyl groups excluding tert-OH is 2. The van der Waals surface area contributed by atoms with Gasteiger partial charge >= 0.3 is 11.9 Å². The first-order chi connectivity index (χ1) is 19.7. The first-order valence-electron chi connectivity index (χ1n) is 13.9. The first-order valence-corrected chi connectivity index (χ1v) is 13.9. The summed E-state index contributed by atoms with van der Waals surface area (Å²) in [5.74, 6) is -1.52. The van der Waals surface area contributed by atoms with Crippen molar-refractivity contribution in [1.82, 2.24) is 4.90 Å². The highest BCUT2D eigenvalue weighted by Gasteiger charge is 2.32. The number of nitrogens with zero attached hydrogens (tertiary/aromatic N) is 1. The van der Waals surface area contributed by atoms with Crippen molar-refractivity contribution < 1.29 is 39.9 Å². The minimum Gasteiger partial charge on any atom is -0.508 e. The van der Waals surface area contributed by atoms with Gasteiger partial charge in [0.2, 0.25) is 0 Å². The predicted octanol–water partition coefficient (Wildman–Crippen LogP) is 3.61. The topological polar surface area (TPSA) is 148 Å². The van der Waals surface area contributed by atoms with Gasteiger partial charge < -0.3 is 30.3 Å². The van der Waals surface area contributed by atoms with Gasteiger partial charge in [0.15, 0.2) is 12.2 Å². The number of rotatable bonds is 9. The molecule has 0 bridgehead atoms. The van der Waals surface area contributed by atoms with Crippen LogP contribution in [0.3, 0.4) is 0 Å². The Balaban J connectivity index is 0.000000334. The van der Waals surface area contributed by atoms with E-state index in [1.807, 2.05) is 12.1 Å². The normalized spacial score (nSPS) is 19.8. The fraction of sp³-hybridized carbons (Fsp3) is 0.375. The Bertz CT molecular complexity index is 1270. The van der Waals surface area contributed by atoms with Crippen molar-refractivity contribution in [2.45, 2.75) is 49.7 Å². The molecule has 41 heavy (non-hydrogen) atoms. The molecule has 0 amide bonds. The van der Waals surface area contributed by atoms with E-state index >= 15 is 0 Å². The molecule has 4 unspecified atom stereocenters. The number of phenolic OH excluding ortho intramolecular Hbond substituents is 1. The van der Waals surface area contributed by atoms with Gasteiger partial charge in [-0.1, -0.05) is 48.5 Å². The number of aliphatic hydroxyl groups is 2. The van der Waals surface area contributed by atoms with Crippen molar-refractivity contribution in [3.63, 3.8) is 0 Å². The number of aromatic hydroxyl groups is 1. The molecule has 9 heteroatoms. The summed E-state index contributed by atoms with van der Waals surface area (Å²) < 4.78 is 6.03. The molecule has 1 aliphatic carbocycles. The maximum absolute atomic E-state index is 10.0. The van der Waals surface area contributed by atoms with Gasteiger partial charge in [0, 0.05) is 12.5 Å². The zero-order chi connectivity index (χ0) is 29.4. The lowest BCUT2D eigenvalue weighted by Crippen LogP contribution is -2.39. The van der Waals surface area contributed by atoms with Crippen LogP contribution in [0, 0.1) is 0 Å². The van der Waals surface area contributed by atoms with E-state index in [-0.39, 0.29) is 5.92 Å². The van der Waals surface area contributed by atoms with Crippen LogP contribution in [0.4, 0.5) is 0 Å². The molecule has 0 radical (unpaired) electrons. The summed E-state index contributed by atoms with van der Waals surface area (Å²) in [6, 6.07) is 25.4. The first kappa shape index (κ1) is 30.0. The van der Waals surface area contributed by atoms with E-state index in [2.05, 4.69) is 65.6 Å². The van der Waals surface area contributed by atoms with Crippen LogP contribution in [0.25, 0.3) is 0 Å². The monoisotopic (exact) mass is 563 g/mol. The van der Waals surface area contributed by atoms with Gasteiger partial charge in [0.25, 0.3) is 0 Å². The third-order valence-corrected chi connectivity index (χ3v) is 7.74. The molecule has 2 aliphatic rings. The molecule has 1 fully saturated rings. The number of carboxylic acids is 2. The Morgan fingerprint density at radius 1 is 0.854 bits per heavy atom. The fourth-order valence-corrected chi connectivity index (χ4v) is 5.62. The molecule has 1 heterocycles. The van der Waals surface area contributed by atoms with Gasteiger partial charge in [0.05, 0.1) is 0 Å². The van der Waals surface area contributed by atoms with Gasteiger partial charge in [-0.2, -0.15) is 0 Å². The number of fused-ring (bicyclic) bond motifs is 1. The molecule has 0 aromatic heterocycles. The summed E-state index contributed by atoms with van der Waals surface area (Å²) in [5.41, 5.74) is 5.30. The second-order valence-corrected chi connectivity index (χ2v) is 10.4. The number of likely N-dealkylation sites (tertiary alicyclic amines) is 1. The molecule has 0 spiro atoms. The van der Waals surface area contributed by atoms with Gasteiger partial charge in [-0.15, -0.1) is 0 Å². The van der Waals surface area contributed by atoms with E-state index in [1.165, 1.54) is 48.2 Å². The van der Waals surface area contributed by atoms with Gasteiger partial charge in [-0.25, -0.2) is 9.59 Å². The standard InChI is InChI=1S/C28H31NO2.C4H6O6/c30-24-11-15-27-23(20-24)10-14-26(21-6-2-1-3-7-21)28(27)22-8-12-25(13-9-22)31-19-18-29-16-4-5-17-29;5-1(3(7)8)2(6)4(9)10/h1-3,6-9,11-13,15,20,26,28,30H,4-5,10,14,16-19H2;1-2,5-6H,(H,7,8)(H,9,10). The number of phenols is 1. The minimum atomic E-state index is -2.27. The van der Waals surface area contributed by atoms with Crippen molar-refractivity contribution in [2.75, 3.05) is 26.2 Å². The number of carboxylic acid groups (broad SMARTS) is 2. The smallest absolute Gasteiger partial charge is 0.335 e. The molecular formula is C32H37NO8. The van der Waals surface area contributed by atoms with Crippen molar-refractivity contribution in [3.8, 4) is 11.5 Å². The highest BCUT2D eigenvalue weighted by atomic mass is 16.5. The molecule has 3 aromatic rings. The number of ether oxygens (including phenoxy) is 1. The highest BCUT2D eigenvalue weighted by molar-refractivity contribution is 5.83. The third kappa shape index (κ3) is 7.85. The van der Waals surface area contributed by atoms with E-state index in [4.69, 9.17) is 25.2 Å². The lowest BCUT2D eigenvalue weighted by molar-refractivity contribution is -0.165. The number of carbonyl (C=O) groups is 2. The molecular weight excluding hydrogens is 526 g/mol. The zero-order valence-corrected chi connectivity index (χ0v) is 22.8. The number of hydrogen-bond donors (Lipinski definition) is 5. The number of aryl methyl sites for hydroxylation is 1. The Labute approximate surface area is 239 Å². The van der Waals surface area contributed by atoms with E-state index in [0.717, 1.165) is 31.7 Å². The van der Waals surface area contributed by atoms with Crippen LogP contribution in [-0.2, 0) is 16.0 Å².